The van der Waals surface area contributed by atoms with E-state index in [4.69, 9.17) is 5.84 Å². The summed E-state index contributed by atoms with van der Waals surface area (Å²) in [7, 11) is 0. The molecule has 0 radical (unpaired) electrons. The second kappa shape index (κ2) is 5.14. The minimum Gasteiger partial charge on any atom is -0.348 e. The third-order valence-corrected chi connectivity index (χ3v) is 4.14. The first-order chi connectivity index (χ1) is 9.26. The van der Waals surface area contributed by atoms with Gasteiger partial charge in [0.05, 0.1) is 0 Å². The summed E-state index contributed by atoms with van der Waals surface area (Å²) in [5.74, 6) is 6.39. The molecule has 4 heterocycles. The molecule has 6 heteroatoms. The topological polar surface area (TPSA) is 83.3 Å². The number of hydrazine groups is 1. The molecule has 0 aliphatic carbocycles. The van der Waals surface area contributed by atoms with Crippen LogP contribution in [0, 0.1) is 5.92 Å². The van der Waals surface area contributed by atoms with Crippen LogP contribution >= 0.6 is 0 Å². The Labute approximate surface area is 112 Å². The number of hydrogen-bond donors (Lipinski definition) is 3. The number of anilines is 1. The van der Waals surface area contributed by atoms with E-state index in [2.05, 4.69) is 20.6 Å². The number of hydrogen-bond acceptors (Lipinski definition) is 5. The van der Waals surface area contributed by atoms with Crippen molar-refractivity contribution in [2.45, 2.75) is 18.9 Å². The molecule has 4 N–H and O–H groups in total. The summed E-state index contributed by atoms with van der Waals surface area (Å²) in [4.78, 5) is 18.7. The molecule has 3 saturated heterocycles. The molecule has 0 saturated carbocycles. The molecule has 4 rings (SSSR count). The molecule has 1 aromatic rings. The van der Waals surface area contributed by atoms with Crippen molar-refractivity contribution in [1.82, 2.24) is 15.2 Å². The van der Waals surface area contributed by atoms with E-state index in [1.165, 1.54) is 25.9 Å². The van der Waals surface area contributed by atoms with Crippen LogP contribution in [0.25, 0.3) is 0 Å². The number of nitrogens with two attached hydrogens (primary N) is 1. The molecule has 3 fully saturated rings. The fourth-order valence-corrected chi connectivity index (χ4v) is 3.03. The average Bonchev–Trinajstić information content (AvgIpc) is 2.48. The molecular weight excluding hydrogens is 242 g/mol. The largest absolute Gasteiger partial charge is 0.348 e. The Balaban J connectivity index is 1.67. The smallest absolute Gasteiger partial charge is 0.251 e. The second-order valence-electron chi connectivity index (χ2n) is 5.29. The van der Waals surface area contributed by atoms with Crippen molar-refractivity contribution < 1.29 is 4.79 Å². The van der Waals surface area contributed by atoms with Gasteiger partial charge in [-0.15, -0.1) is 0 Å². The van der Waals surface area contributed by atoms with Crippen molar-refractivity contribution in [3.8, 4) is 0 Å². The first-order valence-corrected chi connectivity index (χ1v) is 6.72. The first-order valence-electron chi connectivity index (χ1n) is 6.72. The number of nitrogens with zero attached hydrogens (tertiary/aromatic N) is 2. The lowest BCUT2D eigenvalue weighted by atomic mass is 9.84. The predicted octanol–water partition coefficient (Wildman–Crippen LogP) is 0.191. The van der Waals surface area contributed by atoms with Crippen LogP contribution in [0.4, 0.5) is 5.82 Å². The SMILES string of the molecule is NNc1cc(C(=O)NC2CN3CCC2CC3)ccn1. The number of piperidine rings is 3. The fourth-order valence-electron chi connectivity index (χ4n) is 3.03. The highest BCUT2D eigenvalue weighted by Gasteiger charge is 2.34. The van der Waals surface area contributed by atoms with E-state index in [1.54, 1.807) is 18.3 Å². The Kier molecular flexibility index (Phi) is 3.35. The Hall–Kier alpha value is -1.66. The predicted molar refractivity (Wildman–Crippen MR) is 72.5 cm³/mol. The van der Waals surface area contributed by atoms with Gasteiger partial charge in [-0.25, -0.2) is 10.8 Å². The van der Waals surface area contributed by atoms with Crippen molar-refractivity contribution in [2.75, 3.05) is 25.1 Å². The maximum Gasteiger partial charge on any atom is 0.251 e. The number of rotatable bonds is 3. The summed E-state index contributed by atoms with van der Waals surface area (Å²) in [6, 6.07) is 3.64. The van der Waals surface area contributed by atoms with Gasteiger partial charge in [-0.1, -0.05) is 0 Å². The van der Waals surface area contributed by atoms with Gasteiger partial charge >= 0.3 is 0 Å². The van der Waals surface area contributed by atoms with E-state index >= 15 is 0 Å². The number of carbonyl (C=O) groups is 1. The molecule has 3 aliphatic rings. The van der Waals surface area contributed by atoms with Crippen molar-refractivity contribution in [2.24, 2.45) is 11.8 Å². The van der Waals surface area contributed by atoms with Gasteiger partial charge in [0, 0.05) is 24.3 Å². The second-order valence-corrected chi connectivity index (χ2v) is 5.29. The maximum absolute atomic E-state index is 12.2. The number of pyridine rings is 1. The minimum absolute atomic E-state index is 0.0438. The molecule has 1 aromatic heterocycles. The van der Waals surface area contributed by atoms with E-state index in [-0.39, 0.29) is 11.9 Å². The Bertz CT molecular complexity index is 470. The molecule has 19 heavy (non-hydrogen) atoms. The summed E-state index contributed by atoms with van der Waals surface area (Å²) < 4.78 is 0. The molecule has 0 spiro atoms. The molecule has 102 valence electrons. The standard InChI is InChI=1S/C13H19N5O/c14-17-12-7-10(1-4-15-12)13(19)16-11-8-18-5-2-9(11)3-6-18/h1,4,7,9,11H,2-3,5-6,8,14H2,(H,15,17)(H,16,19). The van der Waals surface area contributed by atoms with Crippen LogP contribution in [0.15, 0.2) is 18.3 Å². The molecule has 1 amide bonds. The zero-order valence-corrected chi connectivity index (χ0v) is 10.8. The van der Waals surface area contributed by atoms with Gasteiger partial charge in [0.25, 0.3) is 5.91 Å². The Morgan fingerprint density at radius 1 is 1.42 bits per heavy atom. The molecular formula is C13H19N5O. The lowest BCUT2D eigenvalue weighted by Crippen LogP contribution is -2.57. The summed E-state index contributed by atoms with van der Waals surface area (Å²) in [5, 5.41) is 3.14. The van der Waals surface area contributed by atoms with Gasteiger partial charge < -0.3 is 15.6 Å². The van der Waals surface area contributed by atoms with Gasteiger partial charge in [-0.3, -0.25) is 4.79 Å². The van der Waals surface area contributed by atoms with E-state index in [0.29, 0.717) is 17.3 Å². The quantitative estimate of drug-likeness (QED) is 0.534. The Morgan fingerprint density at radius 2 is 2.21 bits per heavy atom. The molecule has 1 unspecified atom stereocenters. The number of fused-ring (bicyclic) bond motifs is 3. The minimum atomic E-state index is -0.0438. The zero-order chi connectivity index (χ0) is 13.2. The van der Waals surface area contributed by atoms with Gasteiger partial charge in [0.1, 0.15) is 5.82 Å². The third-order valence-electron chi connectivity index (χ3n) is 4.14. The van der Waals surface area contributed by atoms with Crippen LogP contribution in [0.2, 0.25) is 0 Å². The van der Waals surface area contributed by atoms with Crippen molar-refractivity contribution in [1.29, 1.82) is 0 Å². The summed E-state index contributed by atoms with van der Waals surface area (Å²) in [6.45, 7) is 3.32. The van der Waals surface area contributed by atoms with Gasteiger partial charge in [-0.2, -0.15) is 0 Å². The van der Waals surface area contributed by atoms with E-state index in [0.717, 1.165) is 6.54 Å². The van der Waals surface area contributed by atoms with Crippen LogP contribution in [-0.2, 0) is 0 Å². The van der Waals surface area contributed by atoms with E-state index in [9.17, 15) is 4.79 Å². The van der Waals surface area contributed by atoms with E-state index in [1.807, 2.05) is 0 Å². The van der Waals surface area contributed by atoms with E-state index < -0.39 is 0 Å². The summed E-state index contributed by atoms with van der Waals surface area (Å²) >= 11 is 0. The van der Waals surface area contributed by atoms with Gasteiger partial charge in [-0.05, 0) is 44.0 Å². The lowest BCUT2D eigenvalue weighted by molar-refractivity contribution is 0.0620. The number of aromatic nitrogens is 1. The monoisotopic (exact) mass is 261 g/mol. The van der Waals surface area contributed by atoms with Crippen molar-refractivity contribution >= 4 is 11.7 Å². The zero-order valence-electron chi connectivity index (χ0n) is 10.8. The van der Waals surface area contributed by atoms with Crippen LogP contribution in [0.1, 0.15) is 23.2 Å². The fraction of sp³-hybridized carbons (Fsp3) is 0.538. The Morgan fingerprint density at radius 3 is 2.84 bits per heavy atom. The summed E-state index contributed by atoms with van der Waals surface area (Å²) in [5.41, 5.74) is 3.05. The number of amides is 1. The molecule has 6 nitrogen and oxygen atoms in total. The molecule has 0 aromatic carbocycles. The van der Waals surface area contributed by atoms with Crippen LogP contribution in [0.3, 0.4) is 0 Å². The maximum atomic E-state index is 12.2. The lowest BCUT2D eigenvalue weighted by Gasteiger charge is -2.44. The average molecular weight is 261 g/mol. The highest BCUT2D eigenvalue weighted by Crippen LogP contribution is 2.27. The highest BCUT2D eigenvalue weighted by atomic mass is 16.1. The highest BCUT2D eigenvalue weighted by molar-refractivity contribution is 5.95. The number of carbonyl (C=O) groups excluding carboxylic acids is 1. The molecule has 2 bridgehead atoms. The molecule has 1 atom stereocenters. The first kappa shape index (κ1) is 12.4. The van der Waals surface area contributed by atoms with Crippen LogP contribution in [-0.4, -0.2) is 41.5 Å². The van der Waals surface area contributed by atoms with Crippen LogP contribution < -0.4 is 16.6 Å². The van der Waals surface area contributed by atoms with Crippen LogP contribution in [0.5, 0.6) is 0 Å². The van der Waals surface area contributed by atoms with Gasteiger partial charge in [0.15, 0.2) is 0 Å². The third kappa shape index (κ3) is 2.54. The van der Waals surface area contributed by atoms with Gasteiger partial charge in [0.2, 0.25) is 0 Å². The molecule has 3 aliphatic heterocycles. The number of nitrogens with one attached hydrogen (secondary N) is 2. The summed E-state index contributed by atoms with van der Waals surface area (Å²) in [6.07, 6.45) is 3.97. The normalized spacial score (nSPS) is 29.0. The van der Waals surface area contributed by atoms with Crippen molar-refractivity contribution in [3.05, 3.63) is 23.9 Å². The number of nitrogen functional groups attached to an aromatic ring is 1. The van der Waals surface area contributed by atoms with Crippen molar-refractivity contribution in [3.63, 3.8) is 0 Å².